The van der Waals surface area contributed by atoms with Crippen LogP contribution in [0.1, 0.15) is 69.8 Å². The Kier molecular flexibility index (Phi) is 6.96. The Morgan fingerprint density at radius 3 is 2.56 bits per heavy atom. The number of aromatic nitrogens is 1. The molecule has 9 heteroatoms. The third-order valence-corrected chi connectivity index (χ3v) is 4.64. The van der Waals surface area contributed by atoms with E-state index in [1.54, 1.807) is 45.9 Å². The second kappa shape index (κ2) is 9.50. The van der Waals surface area contributed by atoms with Crippen LogP contribution in [-0.2, 0) is 4.74 Å². The van der Waals surface area contributed by atoms with Gasteiger partial charge in [0.2, 0.25) is 5.89 Å². The van der Waals surface area contributed by atoms with Gasteiger partial charge in [0.25, 0.3) is 0 Å². The molecule has 1 fully saturated rings. The summed E-state index contributed by atoms with van der Waals surface area (Å²) in [6, 6.07) is 4.42. The standard InChI is InChI=1S/C23H30N2O7/c1-6-29-16-10-9-15(11-17(16)30-12-14-7-8-14)20-25-18(21(26)27)19(31-20)13(2)24-22(28)32-23(3,4)5/h9-11,13-14H,6-8,12H2,1-5H3,(H,24,28)(H,26,27). The minimum Gasteiger partial charge on any atom is -0.490 e. The van der Waals surface area contributed by atoms with Crippen LogP contribution in [0.2, 0.25) is 0 Å². The monoisotopic (exact) mass is 446 g/mol. The van der Waals surface area contributed by atoms with E-state index in [1.807, 2.05) is 6.92 Å². The number of hydrogen-bond acceptors (Lipinski definition) is 7. The van der Waals surface area contributed by atoms with Crippen LogP contribution in [-0.4, -0.2) is 41.0 Å². The first kappa shape index (κ1) is 23.4. The van der Waals surface area contributed by atoms with Gasteiger partial charge in [-0.3, -0.25) is 0 Å². The maximum Gasteiger partial charge on any atom is 0.408 e. The zero-order chi connectivity index (χ0) is 23.5. The summed E-state index contributed by atoms with van der Waals surface area (Å²) in [6.07, 6.45) is 1.62. The minimum absolute atomic E-state index is 0.0210. The fourth-order valence-corrected chi connectivity index (χ4v) is 2.97. The highest BCUT2D eigenvalue weighted by molar-refractivity contribution is 5.87. The number of nitrogens with zero attached hydrogens (tertiary/aromatic N) is 1. The first-order valence-corrected chi connectivity index (χ1v) is 10.7. The van der Waals surface area contributed by atoms with E-state index in [9.17, 15) is 14.7 Å². The molecule has 0 bridgehead atoms. The SMILES string of the molecule is CCOc1ccc(-c2nc(C(=O)O)c(C(C)NC(=O)OC(C)(C)C)o2)cc1OCC1CC1. The van der Waals surface area contributed by atoms with Crippen molar-refractivity contribution in [3.05, 3.63) is 29.7 Å². The number of carboxylic acids is 1. The van der Waals surface area contributed by atoms with Crippen LogP contribution < -0.4 is 14.8 Å². The summed E-state index contributed by atoms with van der Waals surface area (Å²) in [4.78, 5) is 28.0. The third kappa shape index (κ3) is 6.15. The maximum absolute atomic E-state index is 12.1. The first-order chi connectivity index (χ1) is 15.1. The van der Waals surface area contributed by atoms with Crippen molar-refractivity contribution in [3.8, 4) is 23.0 Å². The van der Waals surface area contributed by atoms with E-state index in [0.29, 0.717) is 36.2 Å². The normalized spacial score (nSPS) is 14.5. The van der Waals surface area contributed by atoms with Gasteiger partial charge in [-0.25, -0.2) is 14.6 Å². The molecule has 1 saturated carbocycles. The number of amides is 1. The molecule has 1 aromatic carbocycles. The van der Waals surface area contributed by atoms with Crippen LogP contribution in [0.25, 0.3) is 11.5 Å². The lowest BCUT2D eigenvalue weighted by molar-refractivity contribution is 0.0498. The van der Waals surface area contributed by atoms with Crippen LogP contribution in [0, 0.1) is 5.92 Å². The predicted octanol–water partition coefficient (Wildman–Crippen LogP) is 4.81. The molecule has 0 radical (unpaired) electrons. The summed E-state index contributed by atoms with van der Waals surface area (Å²) < 4.78 is 22.6. The molecule has 1 amide bonds. The number of aromatic carboxylic acids is 1. The predicted molar refractivity (Wildman–Crippen MR) is 116 cm³/mol. The Hall–Kier alpha value is -3.23. The van der Waals surface area contributed by atoms with Crippen LogP contribution in [0.15, 0.2) is 22.6 Å². The fraction of sp³-hybridized carbons (Fsp3) is 0.522. The van der Waals surface area contributed by atoms with Crippen LogP contribution in [0.3, 0.4) is 0 Å². The molecule has 2 N–H and O–H groups in total. The van der Waals surface area contributed by atoms with Crippen molar-refractivity contribution in [1.29, 1.82) is 0 Å². The molecule has 1 aliphatic rings. The largest absolute Gasteiger partial charge is 0.490 e. The Morgan fingerprint density at radius 1 is 1.25 bits per heavy atom. The summed E-state index contributed by atoms with van der Waals surface area (Å²) in [5, 5.41) is 12.2. The number of benzene rings is 1. The molecule has 9 nitrogen and oxygen atoms in total. The second-order valence-electron chi connectivity index (χ2n) is 8.75. The van der Waals surface area contributed by atoms with Gasteiger partial charge in [0, 0.05) is 5.56 Å². The van der Waals surface area contributed by atoms with Gasteiger partial charge in [0.1, 0.15) is 5.60 Å². The second-order valence-corrected chi connectivity index (χ2v) is 8.75. The Balaban J connectivity index is 1.87. The van der Waals surface area contributed by atoms with Gasteiger partial charge in [-0.05, 0) is 71.6 Å². The number of ether oxygens (including phenoxy) is 3. The lowest BCUT2D eigenvalue weighted by Gasteiger charge is -2.21. The zero-order valence-electron chi connectivity index (χ0n) is 19.1. The van der Waals surface area contributed by atoms with E-state index in [2.05, 4.69) is 10.3 Å². The summed E-state index contributed by atoms with van der Waals surface area (Å²) in [6.45, 7) is 9.78. The molecule has 2 aromatic rings. The van der Waals surface area contributed by atoms with Crippen LogP contribution in [0.4, 0.5) is 4.79 Å². The molecular weight excluding hydrogens is 416 g/mol. The van der Waals surface area contributed by atoms with Gasteiger partial charge in [-0.2, -0.15) is 0 Å². The Morgan fingerprint density at radius 2 is 1.97 bits per heavy atom. The number of alkyl carbamates (subject to hydrolysis) is 1. The van der Waals surface area contributed by atoms with Gasteiger partial charge >= 0.3 is 12.1 Å². The fourth-order valence-electron chi connectivity index (χ4n) is 2.97. The number of carbonyl (C=O) groups excluding carboxylic acids is 1. The third-order valence-electron chi connectivity index (χ3n) is 4.64. The highest BCUT2D eigenvalue weighted by Gasteiger charge is 2.28. The molecule has 174 valence electrons. The number of hydrogen-bond donors (Lipinski definition) is 2. The molecule has 0 saturated heterocycles. The average Bonchev–Trinajstić information content (AvgIpc) is 3.40. The van der Waals surface area contributed by atoms with Gasteiger partial charge in [0.05, 0.1) is 19.3 Å². The summed E-state index contributed by atoms with van der Waals surface area (Å²) in [5.41, 5.74) is -0.430. The smallest absolute Gasteiger partial charge is 0.408 e. The molecule has 1 unspecified atom stereocenters. The van der Waals surface area contributed by atoms with Crippen LogP contribution in [0.5, 0.6) is 11.5 Å². The van der Waals surface area contributed by atoms with E-state index >= 15 is 0 Å². The van der Waals surface area contributed by atoms with Crippen molar-refractivity contribution < 1.29 is 33.3 Å². The van der Waals surface area contributed by atoms with E-state index in [1.165, 1.54) is 0 Å². The molecule has 0 spiro atoms. The van der Waals surface area contributed by atoms with Crippen LogP contribution >= 0.6 is 0 Å². The minimum atomic E-state index is -1.26. The van der Waals surface area contributed by atoms with E-state index < -0.39 is 23.7 Å². The maximum atomic E-state index is 12.1. The Bertz CT molecular complexity index is 973. The Labute approximate surface area is 187 Å². The summed E-state index contributed by atoms with van der Waals surface area (Å²) in [5.74, 6) is 0.570. The molecule has 1 aromatic heterocycles. The molecule has 3 rings (SSSR count). The lowest BCUT2D eigenvalue weighted by Crippen LogP contribution is -2.34. The molecule has 0 aliphatic heterocycles. The zero-order valence-corrected chi connectivity index (χ0v) is 19.1. The highest BCUT2D eigenvalue weighted by atomic mass is 16.6. The van der Waals surface area contributed by atoms with Crippen molar-refractivity contribution in [2.24, 2.45) is 5.92 Å². The quantitative estimate of drug-likeness (QED) is 0.563. The topological polar surface area (TPSA) is 120 Å². The molecule has 1 heterocycles. The first-order valence-electron chi connectivity index (χ1n) is 10.7. The molecule has 1 atom stereocenters. The van der Waals surface area contributed by atoms with Gasteiger partial charge in [0.15, 0.2) is 23.0 Å². The van der Waals surface area contributed by atoms with Gasteiger partial charge in [-0.1, -0.05) is 0 Å². The van der Waals surface area contributed by atoms with Crippen molar-refractivity contribution in [2.45, 2.75) is 59.1 Å². The average molecular weight is 447 g/mol. The van der Waals surface area contributed by atoms with Crippen molar-refractivity contribution in [3.63, 3.8) is 0 Å². The number of carboxylic acid groups (broad SMARTS) is 1. The molecule has 32 heavy (non-hydrogen) atoms. The molecular formula is C23H30N2O7. The number of oxazole rings is 1. The highest BCUT2D eigenvalue weighted by Crippen LogP contribution is 2.36. The van der Waals surface area contributed by atoms with E-state index in [-0.39, 0.29) is 17.3 Å². The van der Waals surface area contributed by atoms with Gasteiger partial charge < -0.3 is 29.1 Å². The number of nitrogens with one attached hydrogen (secondary N) is 1. The number of rotatable bonds is 9. The van der Waals surface area contributed by atoms with Crippen molar-refractivity contribution in [1.82, 2.24) is 10.3 Å². The summed E-state index contributed by atoms with van der Waals surface area (Å²) in [7, 11) is 0. The number of carbonyl (C=O) groups is 2. The van der Waals surface area contributed by atoms with E-state index in [0.717, 1.165) is 12.8 Å². The van der Waals surface area contributed by atoms with E-state index in [4.69, 9.17) is 18.6 Å². The van der Waals surface area contributed by atoms with Crippen molar-refractivity contribution >= 4 is 12.1 Å². The lowest BCUT2D eigenvalue weighted by atomic mass is 10.2. The summed E-state index contributed by atoms with van der Waals surface area (Å²) >= 11 is 0. The van der Waals surface area contributed by atoms with Crippen molar-refractivity contribution in [2.75, 3.05) is 13.2 Å². The molecule has 1 aliphatic carbocycles. The van der Waals surface area contributed by atoms with Gasteiger partial charge in [-0.15, -0.1) is 0 Å².